The van der Waals surface area contributed by atoms with Gasteiger partial charge in [-0.25, -0.2) is 0 Å². The fourth-order valence-corrected chi connectivity index (χ4v) is 4.66. The van der Waals surface area contributed by atoms with Crippen LogP contribution in [-0.2, 0) is 11.3 Å². The van der Waals surface area contributed by atoms with Crippen LogP contribution in [0.2, 0.25) is 5.02 Å². The second-order valence-corrected chi connectivity index (χ2v) is 7.52. The predicted octanol–water partition coefficient (Wildman–Crippen LogP) is 3.81. The normalized spacial score (nSPS) is 16.0. The van der Waals surface area contributed by atoms with E-state index >= 15 is 0 Å². The molecule has 0 radical (unpaired) electrons. The highest BCUT2D eigenvalue weighted by atomic mass is 35.5. The molecule has 0 atom stereocenters. The molecule has 1 fully saturated rings. The molecule has 1 aliphatic heterocycles. The molecule has 24 heavy (non-hydrogen) atoms. The Morgan fingerprint density at radius 3 is 2.83 bits per heavy atom. The van der Waals surface area contributed by atoms with Gasteiger partial charge in [0.05, 0.1) is 23.1 Å². The van der Waals surface area contributed by atoms with Gasteiger partial charge in [0.1, 0.15) is 0 Å². The lowest BCUT2D eigenvalue weighted by Crippen LogP contribution is -2.38. The number of nitrogens with one attached hydrogen (secondary N) is 1. The molecule has 0 bridgehead atoms. The monoisotopic (exact) mass is 380 g/mol. The second kappa shape index (κ2) is 6.93. The highest BCUT2D eigenvalue weighted by Gasteiger charge is 2.18. The number of nitrogens with zero attached hydrogens (tertiary/aromatic N) is 3. The largest absolute Gasteiger partial charge is 0.379 e. The fourth-order valence-electron chi connectivity index (χ4n) is 2.92. The zero-order chi connectivity index (χ0) is 16.5. The van der Waals surface area contributed by atoms with Crippen molar-refractivity contribution in [3.8, 4) is 10.7 Å². The van der Waals surface area contributed by atoms with E-state index in [0.717, 1.165) is 65.2 Å². The SMILES string of the molecule is S=c1[nH]nc(-c2sc3ccccc3c2Cl)n1CCN1CCOCC1. The van der Waals surface area contributed by atoms with E-state index in [4.69, 9.17) is 28.6 Å². The van der Waals surface area contributed by atoms with Gasteiger partial charge in [0.25, 0.3) is 0 Å². The summed E-state index contributed by atoms with van der Waals surface area (Å²) in [6, 6.07) is 8.14. The Kier molecular flexibility index (Phi) is 4.69. The molecule has 1 saturated heterocycles. The maximum atomic E-state index is 6.60. The first-order chi connectivity index (χ1) is 11.7. The molecule has 0 aliphatic carbocycles. The molecule has 1 aromatic carbocycles. The lowest BCUT2D eigenvalue weighted by Gasteiger charge is -2.26. The van der Waals surface area contributed by atoms with Crippen molar-refractivity contribution >= 4 is 45.2 Å². The molecule has 0 spiro atoms. The molecule has 0 saturated carbocycles. The van der Waals surface area contributed by atoms with Crippen LogP contribution in [0.5, 0.6) is 0 Å². The molecule has 8 heteroatoms. The van der Waals surface area contributed by atoms with Gasteiger partial charge in [-0.1, -0.05) is 29.8 Å². The number of benzene rings is 1. The number of hydrogen-bond donors (Lipinski definition) is 1. The van der Waals surface area contributed by atoms with Crippen LogP contribution >= 0.6 is 35.2 Å². The first kappa shape index (κ1) is 16.2. The summed E-state index contributed by atoms with van der Waals surface area (Å²) in [6.45, 7) is 5.23. The van der Waals surface area contributed by atoms with Crippen LogP contribution in [0.15, 0.2) is 24.3 Å². The second-order valence-electron chi connectivity index (χ2n) is 5.70. The Morgan fingerprint density at radius 2 is 2.04 bits per heavy atom. The Morgan fingerprint density at radius 1 is 1.25 bits per heavy atom. The van der Waals surface area contributed by atoms with Crippen molar-refractivity contribution in [1.82, 2.24) is 19.7 Å². The van der Waals surface area contributed by atoms with Crippen molar-refractivity contribution in [2.45, 2.75) is 6.54 Å². The van der Waals surface area contributed by atoms with Gasteiger partial charge in [0.15, 0.2) is 10.6 Å². The van der Waals surface area contributed by atoms with Gasteiger partial charge in [-0.15, -0.1) is 11.3 Å². The zero-order valence-corrected chi connectivity index (χ0v) is 15.4. The van der Waals surface area contributed by atoms with E-state index in [-0.39, 0.29) is 0 Å². The average Bonchev–Trinajstić information content (AvgIpc) is 3.14. The van der Waals surface area contributed by atoms with E-state index in [1.807, 2.05) is 22.8 Å². The van der Waals surface area contributed by atoms with E-state index in [0.29, 0.717) is 4.77 Å². The number of ether oxygens (including phenoxy) is 1. The summed E-state index contributed by atoms with van der Waals surface area (Å²) < 4.78 is 9.23. The van der Waals surface area contributed by atoms with Crippen LogP contribution in [-0.4, -0.2) is 52.5 Å². The first-order valence-corrected chi connectivity index (χ1v) is 9.47. The molecule has 1 aliphatic rings. The fraction of sp³-hybridized carbons (Fsp3) is 0.375. The lowest BCUT2D eigenvalue weighted by atomic mass is 10.2. The van der Waals surface area contributed by atoms with Crippen LogP contribution in [0.1, 0.15) is 0 Å². The van der Waals surface area contributed by atoms with Crippen molar-refractivity contribution in [3.05, 3.63) is 34.1 Å². The van der Waals surface area contributed by atoms with Crippen LogP contribution in [0.4, 0.5) is 0 Å². The van der Waals surface area contributed by atoms with Crippen molar-refractivity contribution in [2.75, 3.05) is 32.8 Å². The third-order valence-electron chi connectivity index (χ3n) is 4.24. The minimum Gasteiger partial charge on any atom is -0.379 e. The van der Waals surface area contributed by atoms with E-state index in [9.17, 15) is 0 Å². The summed E-state index contributed by atoms with van der Waals surface area (Å²) in [7, 11) is 0. The number of hydrogen-bond acceptors (Lipinski definition) is 5. The average molecular weight is 381 g/mol. The molecular formula is C16H17ClN4OS2. The van der Waals surface area contributed by atoms with Gasteiger partial charge in [0, 0.05) is 36.3 Å². The van der Waals surface area contributed by atoms with Gasteiger partial charge in [0.2, 0.25) is 0 Å². The van der Waals surface area contributed by atoms with Crippen LogP contribution in [0.25, 0.3) is 20.8 Å². The van der Waals surface area contributed by atoms with E-state index in [2.05, 4.69) is 21.2 Å². The third-order valence-corrected chi connectivity index (χ3v) is 6.22. The topological polar surface area (TPSA) is 46.1 Å². The molecule has 5 nitrogen and oxygen atoms in total. The number of aromatic nitrogens is 3. The third kappa shape index (κ3) is 3.02. The maximum absolute atomic E-state index is 6.60. The number of halogens is 1. The standard InChI is InChI=1S/C16H17ClN4OS2/c17-13-11-3-1-2-4-12(11)24-14(13)15-18-19-16(23)21(15)6-5-20-7-9-22-10-8-20/h1-4H,5-10H2,(H,19,23). The zero-order valence-electron chi connectivity index (χ0n) is 13.0. The molecule has 4 rings (SSSR count). The number of morpholine rings is 1. The van der Waals surface area contributed by atoms with Gasteiger partial charge < -0.3 is 4.74 Å². The molecule has 2 aromatic heterocycles. The van der Waals surface area contributed by atoms with Gasteiger partial charge in [-0.05, 0) is 18.3 Å². The number of aromatic amines is 1. The summed E-state index contributed by atoms with van der Waals surface area (Å²) in [5, 5.41) is 9.16. The van der Waals surface area contributed by atoms with Gasteiger partial charge in [-0.3, -0.25) is 14.6 Å². The van der Waals surface area contributed by atoms with E-state index in [1.54, 1.807) is 11.3 Å². The smallest absolute Gasteiger partial charge is 0.195 e. The van der Waals surface area contributed by atoms with Crippen LogP contribution < -0.4 is 0 Å². The maximum Gasteiger partial charge on any atom is 0.195 e. The molecule has 3 heterocycles. The molecule has 126 valence electrons. The quantitative estimate of drug-likeness (QED) is 0.699. The minimum atomic E-state index is 0.631. The molecular weight excluding hydrogens is 364 g/mol. The van der Waals surface area contributed by atoms with Crippen LogP contribution in [0.3, 0.4) is 0 Å². The van der Waals surface area contributed by atoms with Crippen molar-refractivity contribution < 1.29 is 4.74 Å². The number of thiophene rings is 1. The molecule has 0 unspecified atom stereocenters. The number of rotatable bonds is 4. The van der Waals surface area contributed by atoms with E-state index in [1.165, 1.54) is 0 Å². The molecule has 1 N–H and O–H groups in total. The highest BCUT2D eigenvalue weighted by Crippen LogP contribution is 2.41. The van der Waals surface area contributed by atoms with Gasteiger partial charge >= 0.3 is 0 Å². The van der Waals surface area contributed by atoms with Crippen molar-refractivity contribution in [3.63, 3.8) is 0 Å². The van der Waals surface area contributed by atoms with E-state index < -0.39 is 0 Å². The Bertz CT molecular complexity index is 910. The first-order valence-electron chi connectivity index (χ1n) is 7.87. The molecule has 3 aromatic rings. The Hall–Kier alpha value is -1.25. The summed E-state index contributed by atoms with van der Waals surface area (Å²) >= 11 is 13.7. The van der Waals surface area contributed by atoms with Crippen molar-refractivity contribution in [1.29, 1.82) is 0 Å². The minimum absolute atomic E-state index is 0.631. The van der Waals surface area contributed by atoms with Gasteiger partial charge in [-0.2, -0.15) is 5.10 Å². The lowest BCUT2D eigenvalue weighted by molar-refractivity contribution is 0.0364. The molecule has 0 amide bonds. The predicted molar refractivity (Wildman–Crippen MR) is 100 cm³/mol. The summed E-state index contributed by atoms with van der Waals surface area (Å²) in [5.74, 6) is 0.819. The van der Waals surface area contributed by atoms with Crippen molar-refractivity contribution in [2.24, 2.45) is 0 Å². The Balaban J connectivity index is 1.65. The summed E-state index contributed by atoms with van der Waals surface area (Å²) in [5.41, 5.74) is 0. The summed E-state index contributed by atoms with van der Waals surface area (Å²) in [4.78, 5) is 3.35. The number of H-pyrrole nitrogens is 1. The highest BCUT2D eigenvalue weighted by molar-refractivity contribution is 7.71. The van der Waals surface area contributed by atoms with Crippen LogP contribution in [0, 0.1) is 4.77 Å². The Labute approximate surface area is 153 Å². The summed E-state index contributed by atoms with van der Waals surface area (Å²) in [6.07, 6.45) is 0. The number of fused-ring (bicyclic) bond motifs is 1.